The molecule has 0 atom stereocenters. The second-order valence-corrected chi connectivity index (χ2v) is 12.2. The quantitative estimate of drug-likeness (QED) is 0.210. The van der Waals surface area contributed by atoms with E-state index in [-0.39, 0.29) is 18.0 Å². The van der Waals surface area contributed by atoms with Crippen molar-refractivity contribution in [1.29, 1.82) is 0 Å². The minimum Gasteiger partial charge on any atom is -0.383 e. The van der Waals surface area contributed by atoms with Crippen LogP contribution in [0.2, 0.25) is 0 Å². The van der Waals surface area contributed by atoms with Crippen LogP contribution in [0.5, 0.6) is 0 Å². The summed E-state index contributed by atoms with van der Waals surface area (Å²) in [6.45, 7) is 8.15. The highest BCUT2D eigenvalue weighted by atomic mass is 32.1. The number of nitrogens with one attached hydrogen (secondary N) is 1. The van der Waals surface area contributed by atoms with Crippen LogP contribution in [-0.4, -0.2) is 78.1 Å². The Labute approximate surface area is 264 Å². The molecule has 0 aliphatic carbocycles. The molecule has 1 fully saturated rings. The van der Waals surface area contributed by atoms with Crippen molar-refractivity contribution >= 4 is 29.0 Å². The molecular formula is C35H41N5O3S. The fourth-order valence-corrected chi connectivity index (χ4v) is 6.27. The summed E-state index contributed by atoms with van der Waals surface area (Å²) >= 11 is 1.40. The standard InChI is InChI=1S/C35H41N5O3S/c1-26(2)27-14-16-30(17-15-27)36-35(42)40(22-23-43-3)24-32-37-31(25-44-32)34(41)39-20-18-38(19-21-39)33(28-10-6-4-7-11-28)29-12-8-5-9-13-29/h4-17,25-26,33H,18-24H2,1-3H3,(H,36,42). The minimum absolute atomic E-state index is 0.0683. The number of anilines is 1. The van der Waals surface area contributed by atoms with Gasteiger partial charge in [-0.3, -0.25) is 9.69 Å². The van der Waals surface area contributed by atoms with Crippen molar-refractivity contribution in [3.63, 3.8) is 0 Å². The first-order valence-corrected chi connectivity index (χ1v) is 16.0. The number of ether oxygens (including phenoxy) is 1. The average Bonchev–Trinajstić information content (AvgIpc) is 3.53. The number of carbonyl (C=O) groups excluding carboxylic acids is 2. The van der Waals surface area contributed by atoms with E-state index in [2.05, 4.69) is 77.6 Å². The van der Waals surface area contributed by atoms with E-state index in [9.17, 15) is 9.59 Å². The first kappa shape index (κ1) is 31.4. The Morgan fingerprint density at radius 2 is 1.50 bits per heavy atom. The molecule has 9 heteroatoms. The number of hydrogen-bond acceptors (Lipinski definition) is 6. The van der Waals surface area contributed by atoms with Crippen LogP contribution in [0.15, 0.2) is 90.3 Å². The summed E-state index contributed by atoms with van der Waals surface area (Å²) in [4.78, 5) is 37.3. The van der Waals surface area contributed by atoms with E-state index in [0.717, 1.165) is 18.8 Å². The lowest BCUT2D eigenvalue weighted by Crippen LogP contribution is -2.50. The molecule has 0 bridgehead atoms. The lowest BCUT2D eigenvalue weighted by atomic mass is 9.96. The Morgan fingerprint density at radius 3 is 2.07 bits per heavy atom. The van der Waals surface area contributed by atoms with E-state index >= 15 is 0 Å². The molecule has 1 saturated heterocycles. The molecule has 3 amide bonds. The van der Waals surface area contributed by atoms with Crippen LogP contribution >= 0.6 is 11.3 Å². The van der Waals surface area contributed by atoms with Gasteiger partial charge in [0.1, 0.15) is 10.7 Å². The molecule has 44 heavy (non-hydrogen) atoms. The summed E-state index contributed by atoms with van der Waals surface area (Å²) in [6.07, 6.45) is 0. The van der Waals surface area contributed by atoms with Gasteiger partial charge in [-0.15, -0.1) is 11.3 Å². The number of hydrogen-bond donors (Lipinski definition) is 1. The van der Waals surface area contributed by atoms with Crippen LogP contribution in [0.25, 0.3) is 0 Å². The summed E-state index contributed by atoms with van der Waals surface area (Å²) in [7, 11) is 1.61. The maximum absolute atomic E-state index is 13.5. The zero-order valence-corrected chi connectivity index (χ0v) is 26.5. The van der Waals surface area contributed by atoms with Crippen molar-refractivity contribution in [3.8, 4) is 0 Å². The molecule has 1 aromatic heterocycles. The number of thiazole rings is 1. The van der Waals surface area contributed by atoms with E-state index in [1.807, 2.05) is 41.3 Å². The Balaban J connectivity index is 1.20. The van der Waals surface area contributed by atoms with Gasteiger partial charge in [-0.25, -0.2) is 9.78 Å². The lowest BCUT2D eigenvalue weighted by Gasteiger charge is -2.39. The molecule has 1 aliphatic rings. The van der Waals surface area contributed by atoms with Gasteiger partial charge in [-0.1, -0.05) is 86.6 Å². The molecule has 0 radical (unpaired) electrons. The van der Waals surface area contributed by atoms with Gasteiger partial charge in [0.2, 0.25) is 0 Å². The summed E-state index contributed by atoms with van der Waals surface area (Å²) in [5.41, 5.74) is 4.87. The third-order valence-electron chi connectivity index (χ3n) is 7.98. The van der Waals surface area contributed by atoms with Crippen molar-refractivity contribution in [3.05, 3.63) is 118 Å². The Morgan fingerprint density at radius 1 is 0.886 bits per heavy atom. The fraction of sp³-hybridized carbons (Fsp3) is 0.343. The van der Waals surface area contributed by atoms with Gasteiger partial charge >= 0.3 is 6.03 Å². The summed E-state index contributed by atoms with van der Waals surface area (Å²) in [5, 5.41) is 5.50. The number of methoxy groups -OCH3 is 1. The number of piperazine rings is 1. The fourth-order valence-electron chi connectivity index (χ4n) is 5.48. The van der Waals surface area contributed by atoms with Gasteiger partial charge in [0.05, 0.1) is 19.2 Å². The van der Waals surface area contributed by atoms with Crippen molar-refractivity contribution in [1.82, 2.24) is 19.7 Å². The van der Waals surface area contributed by atoms with E-state index in [1.165, 1.54) is 28.0 Å². The van der Waals surface area contributed by atoms with Gasteiger partial charge < -0.3 is 19.9 Å². The van der Waals surface area contributed by atoms with Gasteiger partial charge in [0.15, 0.2) is 0 Å². The highest BCUT2D eigenvalue weighted by Crippen LogP contribution is 2.30. The Kier molecular flexibility index (Phi) is 10.8. The predicted molar refractivity (Wildman–Crippen MR) is 176 cm³/mol. The Hall–Kier alpha value is -4.05. The van der Waals surface area contributed by atoms with Crippen LogP contribution in [0, 0.1) is 0 Å². The molecule has 0 saturated carbocycles. The van der Waals surface area contributed by atoms with Gasteiger partial charge in [-0.05, 0) is 34.7 Å². The van der Waals surface area contributed by atoms with Gasteiger partial charge in [-0.2, -0.15) is 0 Å². The van der Waals surface area contributed by atoms with E-state index in [4.69, 9.17) is 4.74 Å². The molecule has 1 aliphatic heterocycles. The smallest absolute Gasteiger partial charge is 0.322 e. The first-order valence-electron chi connectivity index (χ1n) is 15.2. The molecule has 0 unspecified atom stereocenters. The molecule has 2 heterocycles. The third-order valence-corrected chi connectivity index (χ3v) is 8.81. The molecular weight excluding hydrogens is 570 g/mol. The maximum atomic E-state index is 13.5. The minimum atomic E-state index is -0.232. The number of benzene rings is 3. The number of amides is 3. The number of urea groups is 1. The summed E-state index contributed by atoms with van der Waals surface area (Å²) in [5.74, 6) is 0.352. The second kappa shape index (κ2) is 15.1. The number of aromatic nitrogens is 1. The van der Waals surface area contributed by atoms with E-state index in [1.54, 1.807) is 17.4 Å². The summed E-state index contributed by atoms with van der Waals surface area (Å²) < 4.78 is 5.25. The number of nitrogens with zero attached hydrogens (tertiary/aromatic N) is 4. The molecule has 4 aromatic rings. The topological polar surface area (TPSA) is 78.0 Å². The van der Waals surface area contributed by atoms with Crippen LogP contribution in [0.3, 0.4) is 0 Å². The number of rotatable bonds is 11. The van der Waals surface area contributed by atoms with Gasteiger partial charge in [0.25, 0.3) is 5.91 Å². The van der Waals surface area contributed by atoms with Crippen molar-refractivity contribution in [2.24, 2.45) is 0 Å². The lowest BCUT2D eigenvalue weighted by molar-refractivity contribution is 0.0592. The Bertz CT molecular complexity index is 1450. The summed E-state index contributed by atoms with van der Waals surface area (Å²) in [6, 6.07) is 28.9. The van der Waals surface area contributed by atoms with Crippen LogP contribution in [0.4, 0.5) is 10.5 Å². The van der Waals surface area contributed by atoms with E-state index in [0.29, 0.717) is 49.4 Å². The first-order chi connectivity index (χ1) is 21.4. The maximum Gasteiger partial charge on any atom is 0.322 e. The predicted octanol–water partition coefficient (Wildman–Crippen LogP) is 6.49. The average molecular weight is 612 g/mol. The molecule has 230 valence electrons. The van der Waals surface area contributed by atoms with Crippen LogP contribution in [-0.2, 0) is 11.3 Å². The van der Waals surface area contributed by atoms with Crippen LogP contribution < -0.4 is 5.32 Å². The van der Waals surface area contributed by atoms with Crippen LogP contribution in [0.1, 0.15) is 58.0 Å². The SMILES string of the molecule is COCCN(Cc1nc(C(=O)N2CCN(C(c3ccccc3)c3ccccc3)CC2)cs1)C(=O)Nc1ccc(C(C)C)cc1. The van der Waals surface area contributed by atoms with E-state index < -0.39 is 0 Å². The normalized spacial score (nSPS) is 13.8. The highest BCUT2D eigenvalue weighted by Gasteiger charge is 2.29. The molecule has 8 nitrogen and oxygen atoms in total. The molecule has 1 N–H and O–H groups in total. The van der Waals surface area contributed by atoms with Crippen molar-refractivity contribution in [2.75, 3.05) is 51.8 Å². The van der Waals surface area contributed by atoms with Crippen molar-refractivity contribution in [2.45, 2.75) is 32.4 Å². The highest BCUT2D eigenvalue weighted by molar-refractivity contribution is 7.09. The monoisotopic (exact) mass is 611 g/mol. The zero-order chi connectivity index (χ0) is 30.9. The van der Waals surface area contributed by atoms with Gasteiger partial charge in [0, 0.05) is 50.9 Å². The number of carbonyl (C=O) groups is 2. The molecule has 3 aromatic carbocycles. The second-order valence-electron chi connectivity index (χ2n) is 11.3. The zero-order valence-electron chi connectivity index (χ0n) is 25.7. The molecule has 5 rings (SSSR count). The van der Waals surface area contributed by atoms with Crippen molar-refractivity contribution < 1.29 is 14.3 Å². The largest absolute Gasteiger partial charge is 0.383 e. The third kappa shape index (κ3) is 7.91. The molecule has 0 spiro atoms.